The van der Waals surface area contributed by atoms with Crippen LogP contribution in [0.15, 0.2) is 24.3 Å². The maximum atomic E-state index is 5.76. The molecule has 3 rings (SSSR count). The van der Waals surface area contributed by atoms with Crippen molar-refractivity contribution in [3.63, 3.8) is 0 Å². The second kappa shape index (κ2) is 6.73. The van der Waals surface area contributed by atoms with Crippen LogP contribution < -0.4 is 5.32 Å². The Bertz CT molecular complexity index is 423. The molecule has 0 amide bonds. The van der Waals surface area contributed by atoms with Crippen molar-refractivity contribution < 1.29 is 4.74 Å². The molecule has 1 heterocycles. The van der Waals surface area contributed by atoms with Crippen molar-refractivity contribution in [1.82, 2.24) is 5.32 Å². The zero-order valence-electron chi connectivity index (χ0n) is 12.6. The third kappa shape index (κ3) is 3.24. The van der Waals surface area contributed by atoms with Gasteiger partial charge in [-0.15, -0.1) is 0 Å². The Morgan fingerprint density at radius 3 is 2.65 bits per heavy atom. The Labute approximate surface area is 122 Å². The van der Waals surface area contributed by atoms with Crippen molar-refractivity contribution in [1.29, 1.82) is 0 Å². The lowest BCUT2D eigenvalue weighted by Gasteiger charge is -2.32. The number of fused-ring (bicyclic) bond motifs is 1. The van der Waals surface area contributed by atoms with Crippen LogP contribution in [0.1, 0.15) is 62.6 Å². The van der Waals surface area contributed by atoms with E-state index in [1.165, 1.54) is 49.7 Å². The van der Waals surface area contributed by atoms with Gasteiger partial charge in [0.15, 0.2) is 0 Å². The van der Waals surface area contributed by atoms with Crippen LogP contribution in [-0.2, 0) is 11.3 Å². The fourth-order valence-corrected chi connectivity index (χ4v) is 3.78. The monoisotopic (exact) mass is 273 g/mol. The molecular formula is C18H27NO. The van der Waals surface area contributed by atoms with Crippen LogP contribution in [0.4, 0.5) is 0 Å². The highest BCUT2D eigenvalue weighted by molar-refractivity contribution is 5.31. The Morgan fingerprint density at radius 1 is 1.10 bits per heavy atom. The van der Waals surface area contributed by atoms with E-state index in [-0.39, 0.29) is 0 Å². The molecule has 2 aliphatic rings. The highest BCUT2D eigenvalue weighted by Gasteiger charge is 2.25. The molecule has 1 N–H and O–H groups in total. The average Bonchev–Trinajstić information content (AvgIpc) is 2.77. The first-order chi connectivity index (χ1) is 9.84. The number of benzene rings is 1. The summed E-state index contributed by atoms with van der Waals surface area (Å²) in [7, 11) is 0. The van der Waals surface area contributed by atoms with E-state index in [1.807, 2.05) is 0 Å². The molecule has 2 atom stereocenters. The van der Waals surface area contributed by atoms with Gasteiger partial charge < -0.3 is 10.1 Å². The Hall–Kier alpha value is -0.860. The molecule has 110 valence electrons. The standard InChI is InChI=1S/C18H27NO/c1-14(15-8-4-2-3-5-9-15)19-18-13-20-12-16-10-6-7-11-17(16)18/h6-7,10-11,14-15,18-19H,2-5,8-9,12-13H2,1H3/t14-,18?/m0/s1. The van der Waals surface area contributed by atoms with E-state index in [2.05, 4.69) is 36.5 Å². The maximum Gasteiger partial charge on any atom is 0.0721 e. The molecule has 0 radical (unpaired) electrons. The van der Waals surface area contributed by atoms with Crippen LogP contribution in [0, 0.1) is 5.92 Å². The molecule has 2 heteroatoms. The average molecular weight is 273 g/mol. The van der Waals surface area contributed by atoms with Crippen LogP contribution in [0.3, 0.4) is 0 Å². The van der Waals surface area contributed by atoms with Crippen molar-refractivity contribution in [2.45, 2.75) is 64.1 Å². The van der Waals surface area contributed by atoms with Crippen molar-refractivity contribution in [2.24, 2.45) is 5.92 Å². The normalized spacial score (nSPS) is 25.8. The lowest BCUT2D eigenvalue weighted by atomic mass is 9.91. The molecule has 0 bridgehead atoms. The SMILES string of the molecule is C[C@H](NC1COCc2ccccc21)C1CCCCCC1. The molecule has 1 aliphatic carbocycles. The fraction of sp³-hybridized carbons (Fsp3) is 0.667. The van der Waals surface area contributed by atoms with E-state index < -0.39 is 0 Å². The number of rotatable bonds is 3. The van der Waals surface area contributed by atoms with Gasteiger partial charge in [-0.1, -0.05) is 49.9 Å². The van der Waals surface area contributed by atoms with Gasteiger partial charge in [-0.25, -0.2) is 0 Å². The molecule has 1 aromatic carbocycles. The summed E-state index contributed by atoms with van der Waals surface area (Å²) >= 11 is 0. The third-order valence-corrected chi connectivity index (χ3v) is 5.04. The van der Waals surface area contributed by atoms with Crippen LogP contribution in [-0.4, -0.2) is 12.6 Å². The summed E-state index contributed by atoms with van der Waals surface area (Å²) in [5, 5.41) is 3.85. The first-order valence-electron chi connectivity index (χ1n) is 8.26. The van der Waals surface area contributed by atoms with E-state index in [4.69, 9.17) is 4.74 Å². The summed E-state index contributed by atoms with van der Waals surface area (Å²) in [6, 6.07) is 9.68. The largest absolute Gasteiger partial charge is 0.375 e. The van der Waals surface area contributed by atoms with Gasteiger partial charge in [0.1, 0.15) is 0 Å². The minimum atomic E-state index is 0.373. The topological polar surface area (TPSA) is 21.3 Å². The zero-order valence-corrected chi connectivity index (χ0v) is 12.6. The molecule has 0 saturated heterocycles. The van der Waals surface area contributed by atoms with Crippen molar-refractivity contribution in [2.75, 3.05) is 6.61 Å². The number of nitrogens with one attached hydrogen (secondary N) is 1. The Morgan fingerprint density at radius 2 is 1.85 bits per heavy atom. The quantitative estimate of drug-likeness (QED) is 0.833. The van der Waals surface area contributed by atoms with Gasteiger partial charge in [0.05, 0.1) is 19.3 Å². The predicted molar refractivity (Wildman–Crippen MR) is 82.6 cm³/mol. The Balaban J connectivity index is 1.65. The van der Waals surface area contributed by atoms with Gasteiger partial charge in [0.25, 0.3) is 0 Å². The summed E-state index contributed by atoms with van der Waals surface area (Å²) in [6.07, 6.45) is 8.47. The third-order valence-electron chi connectivity index (χ3n) is 5.04. The minimum Gasteiger partial charge on any atom is -0.375 e. The van der Waals surface area contributed by atoms with Gasteiger partial charge in [-0.3, -0.25) is 0 Å². The molecule has 1 aromatic rings. The molecule has 1 saturated carbocycles. The predicted octanol–water partition coefficient (Wildman–Crippen LogP) is 4.21. The second-order valence-electron chi connectivity index (χ2n) is 6.47. The van der Waals surface area contributed by atoms with Gasteiger partial charge in [-0.2, -0.15) is 0 Å². The van der Waals surface area contributed by atoms with Crippen LogP contribution in [0.5, 0.6) is 0 Å². The molecule has 1 aliphatic heterocycles. The summed E-state index contributed by atoms with van der Waals surface area (Å²) in [4.78, 5) is 0. The highest BCUT2D eigenvalue weighted by atomic mass is 16.5. The smallest absolute Gasteiger partial charge is 0.0721 e. The van der Waals surface area contributed by atoms with Crippen LogP contribution in [0.2, 0.25) is 0 Å². The summed E-state index contributed by atoms with van der Waals surface area (Å²) in [5.74, 6) is 0.839. The van der Waals surface area contributed by atoms with E-state index in [9.17, 15) is 0 Å². The molecule has 1 fully saturated rings. The first kappa shape index (κ1) is 14.1. The van der Waals surface area contributed by atoms with Crippen molar-refractivity contribution in [3.05, 3.63) is 35.4 Å². The zero-order chi connectivity index (χ0) is 13.8. The van der Waals surface area contributed by atoms with Crippen LogP contribution in [0.25, 0.3) is 0 Å². The van der Waals surface area contributed by atoms with Gasteiger partial charge in [0, 0.05) is 6.04 Å². The number of ether oxygens (including phenoxy) is 1. The van der Waals surface area contributed by atoms with E-state index in [0.717, 1.165) is 19.1 Å². The summed E-state index contributed by atoms with van der Waals surface area (Å²) in [5.41, 5.74) is 2.79. The van der Waals surface area contributed by atoms with Crippen LogP contribution >= 0.6 is 0 Å². The van der Waals surface area contributed by atoms with Crippen molar-refractivity contribution >= 4 is 0 Å². The van der Waals surface area contributed by atoms with Crippen molar-refractivity contribution in [3.8, 4) is 0 Å². The lowest BCUT2D eigenvalue weighted by Crippen LogP contribution is -2.39. The Kier molecular flexibility index (Phi) is 4.74. The molecule has 0 spiro atoms. The molecule has 2 nitrogen and oxygen atoms in total. The molecule has 1 unspecified atom stereocenters. The van der Waals surface area contributed by atoms with Gasteiger partial charge in [-0.05, 0) is 36.8 Å². The van der Waals surface area contributed by atoms with E-state index in [1.54, 1.807) is 0 Å². The second-order valence-corrected chi connectivity index (χ2v) is 6.47. The first-order valence-corrected chi connectivity index (χ1v) is 8.26. The molecular weight excluding hydrogens is 246 g/mol. The number of hydrogen-bond acceptors (Lipinski definition) is 2. The number of hydrogen-bond donors (Lipinski definition) is 1. The summed E-state index contributed by atoms with van der Waals surface area (Å²) < 4.78 is 5.76. The molecule has 0 aromatic heterocycles. The van der Waals surface area contributed by atoms with E-state index >= 15 is 0 Å². The van der Waals surface area contributed by atoms with E-state index in [0.29, 0.717) is 12.1 Å². The molecule has 20 heavy (non-hydrogen) atoms. The summed E-state index contributed by atoms with van der Waals surface area (Å²) in [6.45, 7) is 3.95. The fourth-order valence-electron chi connectivity index (χ4n) is 3.78. The minimum absolute atomic E-state index is 0.373. The van der Waals surface area contributed by atoms with Gasteiger partial charge >= 0.3 is 0 Å². The lowest BCUT2D eigenvalue weighted by molar-refractivity contribution is 0.0756. The van der Waals surface area contributed by atoms with Gasteiger partial charge in [0.2, 0.25) is 0 Å². The highest BCUT2D eigenvalue weighted by Crippen LogP contribution is 2.29. The maximum absolute atomic E-state index is 5.76.